The molecule has 146 valence electrons. The van der Waals surface area contributed by atoms with Gasteiger partial charge < -0.3 is 10.5 Å². The van der Waals surface area contributed by atoms with Crippen molar-refractivity contribution >= 4 is 11.0 Å². The SMILES string of the molecule is Fc1ccc(F)cc1.NC1COCC(N2Cc3ccc(S(N)=O)cc3C2)C1. The van der Waals surface area contributed by atoms with Crippen molar-refractivity contribution in [2.45, 2.75) is 36.5 Å². The highest BCUT2D eigenvalue weighted by molar-refractivity contribution is 7.82. The van der Waals surface area contributed by atoms with Crippen LogP contribution in [0.4, 0.5) is 8.78 Å². The molecule has 1 fully saturated rings. The second-order valence-corrected chi connectivity index (χ2v) is 7.82. The molecular weight excluding hydrogens is 372 g/mol. The summed E-state index contributed by atoms with van der Waals surface area (Å²) < 4.78 is 40.7. The summed E-state index contributed by atoms with van der Waals surface area (Å²) in [6.07, 6.45) is 0.976. The van der Waals surface area contributed by atoms with Gasteiger partial charge in [-0.2, -0.15) is 0 Å². The molecule has 27 heavy (non-hydrogen) atoms. The third kappa shape index (κ3) is 5.40. The maximum Gasteiger partial charge on any atom is 0.123 e. The molecule has 0 bridgehead atoms. The Morgan fingerprint density at radius 1 is 1.00 bits per heavy atom. The number of fused-ring (bicyclic) bond motifs is 1. The van der Waals surface area contributed by atoms with Gasteiger partial charge in [-0.05, 0) is 53.9 Å². The van der Waals surface area contributed by atoms with E-state index in [2.05, 4.69) is 4.90 Å². The Morgan fingerprint density at radius 3 is 2.22 bits per heavy atom. The van der Waals surface area contributed by atoms with Crippen molar-refractivity contribution < 1.29 is 17.7 Å². The maximum atomic E-state index is 11.9. The van der Waals surface area contributed by atoms with Crippen LogP contribution in [0.3, 0.4) is 0 Å². The molecule has 3 unspecified atom stereocenters. The van der Waals surface area contributed by atoms with Crippen molar-refractivity contribution in [3.05, 3.63) is 65.2 Å². The van der Waals surface area contributed by atoms with E-state index in [-0.39, 0.29) is 6.04 Å². The van der Waals surface area contributed by atoms with Crippen molar-refractivity contribution in [3.63, 3.8) is 0 Å². The number of nitrogens with two attached hydrogens (primary N) is 2. The zero-order chi connectivity index (χ0) is 19.4. The monoisotopic (exact) mass is 395 g/mol. The number of hydrogen-bond acceptors (Lipinski definition) is 4. The van der Waals surface area contributed by atoms with Crippen molar-refractivity contribution in [1.29, 1.82) is 0 Å². The number of rotatable bonds is 2. The Bertz CT molecular complexity index is 783. The molecule has 0 radical (unpaired) electrons. The van der Waals surface area contributed by atoms with Gasteiger partial charge in [-0.3, -0.25) is 4.90 Å². The van der Waals surface area contributed by atoms with E-state index in [9.17, 15) is 13.0 Å². The first-order chi connectivity index (χ1) is 12.9. The summed E-state index contributed by atoms with van der Waals surface area (Å²) in [6.45, 7) is 3.18. The van der Waals surface area contributed by atoms with Crippen molar-refractivity contribution in [3.8, 4) is 0 Å². The molecule has 2 heterocycles. The van der Waals surface area contributed by atoms with Crippen LogP contribution in [-0.4, -0.2) is 34.4 Å². The lowest BCUT2D eigenvalue weighted by molar-refractivity contribution is 0.00549. The molecule has 2 aliphatic rings. The summed E-state index contributed by atoms with van der Waals surface area (Å²) in [5.41, 5.74) is 8.46. The largest absolute Gasteiger partial charge is 0.378 e. The minimum absolute atomic E-state index is 0.134. The first-order valence-corrected chi connectivity index (χ1v) is 9.90. The molecule has 8 heteroatoms. The molecule has 0 aliphatic carbocycles. The predicted molar refractivity (Wildman–Crippen MR) is 99.8 cm³/mol. The van der Waals surface area contributed by atoms with Crippen LogP contribution >= 0.6 is 0 Å². The molecule has 4 rings (SSSR count). The van der Waals surface area contributed by atoms with E-state index in [4.69, 9.17) is 15.6 Å². The molecule has 2 aromatic rings. The molecule has 0 saturated carbocycles. The van der Waals surface area contributed by atoms with E-state index in [1.807, 2.05) is 18.2 Å². The highest BCUT2D eigenvalue weighted by atomic mass is 32.2. The average molecular weight is 395 g/mol. The zero-order valence-electron chi connectivity index (χ0n) is 14.8. The smallest absolute Gasteiger partial charge is 0.123 e. The van der Waals surface area contributed by atoms with Crippen molar-refractivity contribution in [2.75, 3.05) is 13.2 Å². The third-order valence-corrected chi connectivity index (χ3v) is 5.41. The maximum absolute atomic E-state index is 11.9. The summed E-state index contributed by atoms with van der Waals surface area (Å²) in [7, 11) is -1.41. The van der Waals surface area contributed by atoms with Crippen LogP contribution in [0, 0.1) is 11.6 Å². The van der Waals surface area contributed by atoms with E-state index in [0.29, 0.717) is 17.5 Å². The highest BCUT2D eigenvalue weighted by Gasteiger charge is 2.30. The molecular formula is C19H23F2N3O2S. The summed E-state index contributed by atoms with van der Waals surface area (Å²) >= 11 is 0. The first kappa shape index (κ1) is 20.0. The quantitative estimate of drug-likeness (QED) is 0.816. The number of nitrogens with zero attached hydrogens (tertiary/aromatic N) is 1. The van der Waals surface area contributed by atoms with Crippen LogP contribution in [0.1, 0.15) is 17.5 Å². The average Bonchev–Trinajstić information content (AvgIpc) is 3.08. The first-order valence-electron chi connectivity index (χ1n) is 8.69. The molecule has 0 spiro atoms. The highest BCUT2D eigenvalue weighted by Crippen LogP contribution is 2.28. The fourth-order valence-corrected chi connectivity index (χ4v) is 3.77. The second-order valence-electron chi connectivity index (χ2n) is 6.76. The van der Waals surface area contributed by atoms with Crippen LogP contribution in [0.15, 0.2) is 47.4 Å². The van der Waals surface area contributed by atoms with E-state index in [0.717, 1.165) is 50.4 Å². The molecule has 2 aliphatic heterocycles. The molecule has 0 amide bonds. The van der Waals surface area contributed by atoms with Gasteiger partial charge in [0.2, 0.25) is 0 Å². The minimum atomic E-state index is -1.41. The van der Waals surface area contributed by atoms with E-state index in [1.54, 1.807) is 0 Å². The molecule has 2 aromatic carbocycles. The zero-order valence-corrected chi connectivity index (χ0v) is 15.6. The van der Waals surface area contributed by atoms with Crippen LogP contribution < -0.4 is 10.9 Å². The summed E-state index contributed by atoms with van der Waals surface area (Å²) in [6, 6.07) is 10.7. The lowest BCUT2D eigenvalue weighted by atomic mass is 10.1. The van der Waals surface area contributed by atoms with Gasteiger partial charge in [0.1, 0.15) is 22.6 Å². The number of hydrogen-bond donors (Lipinski definition) is 2. The van der Waals surface area contributed by atoms with Crippen LogP contribution in [0.25, 0.3) is 0 Å². The Hall–Kier alpha value is -1.71. The number of halogens is 2. The Balaban J connectivity index is 0.000000221. The summed E-state index contributed by atoms with van der Waals surface area (Å²) in [5, 5.41) is 5.43. The molecule has 3 atom stereocenters. The van der Waals surface area contributed by atoms with E-state index >= 15 is 0 Å². The Labute approximate surface area is 159 Å². The standard InChI is InChI=1S/C13H19N3O2S.C6H4F2/c14-11-4-12(8-18-7-11)16-5-9-1-2-13(19(15)17)3-10(9)6-16;7-5-1-2-6(8)4-3-5/h1-3,11-12H,4-8,14-15H2;1-4H. The molecule has 0 aromatic heterocycles. The number of ether oxygens (including phenoxy) is 1. The van der Waals surface area contributed by atoms with Gasteiger partial charge in [0.25, 0.3) is 0 Å². The lowest BCUT2D eigenvalue weighted by Gasteiger charge is -2.33. The van der Waals surface area contributed by atoms with Crippen molar-refractivity contribution in [1.82, 2.24) is 4.90 Å². The van der Waals surface area contributed by atoms with Crippen LogP contribution in [0.5, 0.6) is 0 Å². The van der Waals surface area contributed by atoms with Gasteiger partial charge in [0, 0.05) is 25.2 Å². The van der Waals surface area contributed by atoms with E-state index < -0.39 is 22.6 Å². The molecule has 4 N–H and O–H groups in total. The lowest BCUT2D eigenvalue weighted by Crippen LogP contribution is -2.46. The van der Waals surface area contributed by atoms with E-state index in [1.165, 1.54) is 11.1 Å². The Kier molecular flexibility index (Phi) is 6.67. The summed E-state index contributed by atoms with van der Waals surface area (Å²) in [4.78, 5) is 3.07. The predicted octanol–water partition coefficient (Wildman–Crippen LogP) is 2.06. The van der Waals surface area contributed by atoms with Crippen LogP contribution in [0.2, 0.25) is 0 Å². The minimum Gasteiger partial charge on any atom is -0.378 e. The van der Waals surface area contributed by atoms with Gasteiger partial charge >= 0.3 is 0 Å². The summed E-state index contributed by atoms with van der Waals surface area (Å²) in [5.74, 6) is -0.821. The fraction of sp³-hybridized carbons (Fsp3) is 0.368. The number of benzene rings is 2. The van der Waals surface area contributed by atoms with Gasteiger partial charge in [-0.1, -0.05) is 6.07 Å². The normalized spacial score (nSPS) is 23.3. The fourth-order valence-electron chi connectivity index (χ4n) is 3.31. The topological polar surface area (TPSA) is 81.6 Å². The third-order valence-electron chi connectivity index (χ3n) is 4.69. The second kappa shape index (κ2) is 8.99. The van der Waals surface area contributed by atoms with Crippen molar-refractivity contribution in [2.24, 2.45) is 10.9 Å². The van der Waals surface area contributed by atoms with Gasteiger partial charge in [0.05, 0.1) is 18.1 Å². The molecule has 1 saturated heterocycles. The molecule has 5 nitrogen and oxygen atoms in total. The van der Waals surface area contributed by atoms with Gasteiger partial charge in [0.15, 0.2) is 0 Å². The van der Waals surface area contributed by atoms with Gasteiger partial charge in [-0.15, -0.1) is 0 Å². The van der Waals surface area contributed by atoms with Crippen LogP contribution in [-0.2, 0) is 28.8 Å². The van der Waals surface area contributed by atoms with Gasteiger partial charge in [-0.25, -0.2) is 18.1 Å². The Morgan fingerprint density at radius 2 is 1.63 bits per heavy atom.